The third kappa shape index (κ3) is 6.24. The molecule has 1 saturated carbocycles. The van der Waals surface area contributed by atoms with Crippen LogP contribution in [0.4, 0.5) is 24.8 Å². The number of rotatable bonds is 7. The number of anilines is 2. The Morgan fingerprint density at radius 1 is 1.29 bits per heavy atom. The Hall–Kier alpha value is -3.25. The van der Waals surface area contributed by atoms with Gasteiger partial charge in [0.05, 0.1) is 21.7 Å². The first-order valence-electron chi connectivity index (χ1n) is 12.0. The molecule has 9 nitrogen and oxygen atoms in total. The Labute approximate surface area is 222 Å². The third-order valence-corrected chi connectivity index (χ3v) is 6.68. The fourth-order valence-electron chi connectivity index (χ4n) is 4.09. The smallest absolute Gasteiger partial charge is 0.425 e. The summed E-state index contributed by atoms with van der Waals surface area (Å²) >= 11 is 6.34. The largest absolute Gasteiger partial charge is 0.479 e. The van der Waals surface area contributed by atoms with Crippen molar-refractivity contribution >= 4 is 40.2 Å². The number of carbonyl (C=O) groups excluding carboxylic acids is 1. The minimum Gasteiger partial charge on any atom is -0.479 e. The zero-order valence-corrected chi connectivity index (χ0v) is 22.1. The first-order chi connectivity index (χ1) is 17.7. The molecule has 0 unspecified atom stereocenters. The number of amides is 1. The van der Waals surface area contributed by atoms with Crippen molar-refractivity contribution in [1.82, 2.24) is 19.9 Å². The van der Waals surface area contributed by atoms with Gasteiger partial charge in [0.1, 0.15) is 17.5 Å². The van der Waals surface area contributed by atoms with Crippen LogP contribution < -0.4 is 14.8 Å². The van der Waals surface area contributed by atoms with Gasteiger partial charge in [-0.2, -0.15) is 23.1 Å². The fourth-order valence-corrected chi connectivity index (χ4v) is 4.31. The Kier molecular flexibility index (Phi) is 7.67. The van der Waals surface area contributed by atoms with Crippen LogP contribution in [0.15, 0.2) is 24.4 Å². The van der Waals surface area contributed by atoms with Gasteiger partial charge in [0.15, 0.2) is 6.10 Å². The summed E-state index contributed by atoms with van der Waals surface area (Å²) in [6.45, 7) is 2.66. The van der Waals surface area contributed by atoms with Crippen molar-refractivity contribution in [2.24, 2.45) is 0 Å². The second-order valence-corrected chi connectivity index (χ2v) is 10.3. The zero-order valence-electron chi connectivity index (χ0n) is 21.3. The van der Waals surface area contributed by atoms with Crippen LogP contribution in [0.2, 0.25) is 5.02 Å². The van der Waals surface area contributed by atoms with E-state index >= 15 is 0 Å². The molecular weight excluding hydrogens is 527 g/mol. The summed E-state index contributed by atoms with van der Waals surface area (Å²) in [6, 6.07) is 4.13. The number of aromatic nitrogens is 3. The SMILES string of the molecule is C[C@H](Oc1cc(C(=O)N(C)C)ccc1Nc1nc(OC2CCC(C)(O)CC2)c2c(Cl)c[nH]c2n1)C(F)(F)F. The molecule has 2 heterocycles. The summed E-state index contributed by atoms with van der Waals surface area (Å²) in [6.07, 6.45) is -3.10. The van der Waals surface area contributed by atoms with Gasteiger partial charge in [-0.3, -0.25) is 4.79 Å². The van der Waals surface area contributed by atoms with Gasteiger partial charge in [-0.05, 0) is 57.7 Å². The lowest BCUT2D eigenvalue weighted by molar-refractivity contribution is -0.189. The first kappa shape index (κ1) is 27.8. The zero-order chi connectivity index (χ0) is 27.8. The molecule has 38 heavy (non-hydrogen) atoms. The number of alkyl halides is 3. The number of fused-ring (bicyclic) bond motifs is 1. The number of nitrogens with zero attached hydrogens (tertiary/aromatic N) is 3. The molecule has 4 rings (SSSR count). The molecule has 2 aromatic heterocycles. The van der Waals surface area contributed by atoms with Crippen molar-refractivity contribution in [3.8, 4) is 11.6 Å². The molecule has 206 valence electrons. The molecule has 1 aliphatic rings. The number of H-pyrrole nitrogens is 1. The number of hydrogen-bond acceptors (Lipinski definition) is 7. The fraction of sp³-hybridized carbons (Fsp3) is 0.480. The van der Waals surface area contributed by atoms with Crippen molar-refractivity contribution < 1.29 is 32.5 Å². The van der Waals surface area contributed by atoms with Crippen LogP contribution in [-0.2, 0) is 0 Å². The van der Waals surface area contributed by atoms with Crippen molar-refractivity contribution in [3.05, 3.63) is 35.0 Å². The molecule has 0 bridgehead atoms. The van der Waals surface area contributed by atoms with Crippen LogP contribution in [0.5, 0.6) is 11.6 Å². The average molecular weight is 556 g/mol. The Balaban J connectivity index is 1.68. The summed E-state index contributed by atoms with van der Waals surface area (Å²) in [7, 11) is 3.07. The number of ether oxygens (including phenoxy) is 2. The second-order valence-electron chi connectivity index (χ2n) is 9.86. The van der Waals surface area contributed by atoms with Gasteiger partial charge in [-0.25, -0.2) is 0 Å². The van der Waals surface area contributed by atoms with E-state index in [0.717, 1.165) is 6.92 Å². The Bertz CT molecular complexity index is 1320. The number of nitrogens with one attached hydrogen (secondary N) is 2. The molecule has 13 heteroatoms. The lowest BCUT2D eigenvalue weighted by Gasteiger charge is -2.33. The number of hydrogen-bond donors (Lipinski definition) is 3. The Morgan fingerprint density at radius 2 is 1.97 bits per heavy atom. The van der Waals surface area contributed by atoms with Gasteiger partial charge in [-0.1, -0.05) is 11.6 Å². The van der Waals surface area contributed by atoms with Crippen LogP contribution in [-0.4, -0.2) is 68.9 Å². The maximum atomic E-state index is 13.3. The molecule has 3 N–H and O–H groups in total. The van der Waals surface area contributed by atoms with E-state index in [1.54, 1.807) is 6.92 Å². The molecule has 3 aromatic rings. The van der Waals surface area contributed by atoms with E-state index in [1.165, 1.54) is 43.4 Å². The molecular formula is C25H29ClF3N5O4. The predicted octanol–water partition coefficient (Wildman–Crippen LogP) is 5.46. The topological polar surface area (TPSA) is 113 Å². The lowest BCUT2D eigenvalue weighted by atomic mass is 9.85. The van der Waals surface area contributed by atoms with E-state index in [2.05, 4.69) is 20.3 Å². The monoisotopic (exact) mass is 555 g/mol. The maximum Gasteiger partial charge on any atom is 0.425 e. The normalized spacial score (nSPS) is 20.7. The Morgan fingerprint density at radius 3 is 2.61 bits per heavy atom. The standard InChI is InChI=1S/C25H29ClF3N5O4/c1-13(25(27,28)29)37-18-11-14(22(35)34(3)4)5-6-17(18)31-23-32-20-19(16(26)12-30-20)21(33-23)38-15-7-9-24(2,36)10-8-15/h5-6,11-13,15,36H,7-10H2,1-4H3,(H2,30,31,32,33)/t13-,15?,24?/m0/s1. The highest BCUT2D eigenvalue weighted by Crippen LogP contribution is 2.37. The number of carbonyl (C=O) groups is 1. The highest BCUT2D eigenvalue weighted by molar-refractivity contribution is 6.35. The van der Waals surface area contributed by atoms with E-state index < -0.39 is 23.8 Å². The minimum atomic E-state index is -4.62. The van der Waals surface area contributed by atoms with Crippen molar-refractivity contribution in [1.29, 1.82) is 0 Å². The molecule has 0 radical (unpaired) electrons. The van der Waals surface area contributed by atoms with Crippen LogP contribution in [0.1, 0.15) is 49.9 Å². The summed E-state index contributed by atoms with van der Waals surface area (Å²) in [4.78, 5) is 25.5. The quantitative estimate of drug-likeness (QED) is 0.355. The summed E-state index contributed by atoms with van der Waals surface area (Å²) in [5.41, 5.74) is -0.123. The van der Waals surface area contributed by atoms with Gasteiger partial charge in [0, 0.05) is 25.9 Å². The lowest BCUT2D eigenvalue weighted by Crippen LogP contribution is -2.35. The van der Waals surface area contributed by atoms with Gasteiger partial charge in [-0.15, -0.1) is 0 Å². The highest BCUT2D eigenvalue weighted by atomic mass is 35.5. The summed E-state index contributed by atoms with van der Waals surface area (Å²) in [5.74, 6) is -0.388. The van der Waals surface area contributed by atoms with Gasteiger partial charge in [0.2, 0.25) is 11.8 Å². The summed E-state index contributed by atoms with van der Waals surface area (Å²) < 4.78 is 51.2. The van der Waals surface area contributed by atoms with Gasteiger partial charge in [0.25, 0.3) is 5.91 Å². The van der Waals surface area contributed by atoms with Gasteiger partial charge >= 0.3 is 6.18 Å². The number of aromatic amines is 1. The van der Waals surface area contributed by atoms with Crippen molar-refractivity contribution in [2.45, 2.75) is 63.5 Å². The van der Waals surface area contributed by atoms with Crippen molar-refractivity contribution in [2.75, 3.05) is 19.4 Å². The molecule has 0 saturated heterocycles. The van der Waals surface area contributed by atoms with E-state index in [1.807, 2.05) is 0 Å². The van der Waals surface area contributed by atoms with Gasteiger partial charge < -0.3 is 29.8 Å². The van der Waals surface area contributed by atoms with E-state index in [9.17, 15) is 23.1 Å². The minimum absolute atomic E-state index is 0.0185. The maximum absolute atomic E-state index is 13.3. The molecule has 1 aromatic carbocycles. The van der Waals surface area contributed by atoms with E-state index in [-0.39, 0.29) is 34.9 Å². The van der Waals surface area contributed by atoms with Crippen LogP contribution in [0, 0.1) is 0 Å². The van der Waals surface area contributed by atoms with Crippen LogP contribution in [0.25, 0.3) is 11.0 Å². The van der Waals surface area contributed by atoms with E-state index in [0.29, 0.717) is 41.7 Å². The number of halogens is 4. The highest BCUT2D eigenvalue weighted by Gasteiger charge is 2.38. The van der Waals surface area contributed by atoms with Crippen LogP contribution >= 0.6 is 11.6 Å². The number of benzene rings is 1. The molecule has 0 spiro atoms. The number of aliphatic hydroxyl groups is 1. The molecule has 0 aliphatic heterocycles. The first-order valence-corrected chi connectivity index (χ1v) is 12.4. The van der Waals surface area contributed by atoms with E-state index in [4.69, 9.17) is 21.1 Å². The average Bonchev–Trinajstić information content (AvgIpc) is 3.21. The molecule has 1 amide bonds. The molecule has 1 atom stereocenters. The van der Waals surface area contributed by atoms with Crippen LogP contribution in [0.3, 0.4) is 0 Å². The molecule has 1 aliphatic carbocycles. The molecule has 1 fully saturated rings. The summed E-state index contributed by atoms with van der Waals surface area (Å²) in [5, 5.41) is 14.0. The van der Waals surface area contributed by atoms with Crippen molar-refractivity contribution in [3.63, 3.8) is 0 Å². The predicted molar refractivity (Wildman–Crippen MR) is 136 cm³/mol. The third-order valence-electron chi connectivity index (χ3n) is 6.38. The second kappa shape index (κ2) is 10.5.